The van der Waals surface area contributed by atoms with Crippen LogP contribution in [0.4, 0.5) is 5.69 Å². The van der Waals surface area contributed by atoms with Crippen LogP contribution in [0.2, 0.25) is 0 Å². The molecule has 0 heterocycles. The van der Waals surface area contributed by atoms with E-state index in [0.717, 1.165) is 11.3 Å². The Balaban J connectivity index is 2.29. The highest BCUT2D eigenvalue weighted by molar-refractivity contribution is 5.87. The molecule has 0 aromatic heterocycles. The molecule has 2 rings (SSSR count). The van der Waals surface area contributed by atoms with E-state index in [-0.39, 0.29) is 12.0 Å². The maximum Gasteiger partial charge on any atom is 0.333 e. The zero-order valence-corrected chi connectivity index (χ0v) is 14.4. The quantitative estimate of drug-likeness (QED) is 0.716. The molecule has 0 fully saturated rings. The zero-order chi connectivity index (χ0) is 18.2. The summed E-state index contributed by atoms with van der Waals surface area (Å²) in [7, 11) is 4.56. The minimum atomic E-state index is -1.00. The Hall–Kier alpha value is -3.15. The fourth-order valence-electron chi connectivity index (χ4n) is 2.35. The van der Waals surface area contributed by atoms with Crippen molar-refractivity contribution in [2.45, 2.75) is 6.42 Å². The second-order valence-electron chi connectivity index (χ2n) is 5.20. The average molecular weight is 343 g/mol. The highest BCUT2D eigenvalue weighted by atomic mass is 16.5. The molecule has 0 radical (unpaired) electrons. The predicted octanol–water partition coefficient (Wildman–Crippen LogP) is 3.34. The Morgan fingerprint density at radius 3 is 2.12 bits per heavy atom. The van der Waals surface area contributed by atoms with Crippen molar-refractivity contribution in [1.82, 2.24) is 0 Å². The number of methoxy groups -OCH3 is 3. The van der Waals surface area contributed by atoms with E-state index < -0.39 is 5.97 Å². The summed E-state index contributed by atoms with van der Waals surface area (Å²) >= 11 is 0. The van der Waals surface area contributed by atoms with Crippen molar-refractivity contribution in [2.24, 2.45) is 0 Å². The van der Waals surface area contributed by atoms with Gasteiger partial charge >= 0.3 is 5.97 Å². The molecular weight excluding hydrogens is 322 g/mol. The lowest BCUT2D eigenvalue weighted by Gasteiger charge is -2.14. The van der Waals surface area contributed by atoms with Gasteiger partial charge in [-0.25, -0.2) is 4.79 Å². The SMILES string of the molecule is COc1cc(C/C(=C/Nc2ccccc2)C(=O)O)cc(OC)c1OC. The molecule has 2 aromatic rings. The second-order valence-corrected chi connectivity index (χ2v) is 5.20. The van der Waals surface area contributed by atoms with Gasteiger partial charge in [0, 0.05) is 18.3 Å². The number of ether oxygens (including phenoxy) is 3. The first-order valence-corrected chi connectivity index (χ1v) is 7.61. The minimum absolute atomic E-state index is 0.200. The summed E-state index contributed by atoms with van der Waals surface area (Å²) < 4.78 is 15.9. The van der Waals surface area contributed by atoms with Crippen molar-refractivity contribution < 1.29 is 24.1 Å². The number of aliphatic carboxylic acids is 1. The molecule has 6 nitrogen and oxygen atoms in total. The third-order valence-corrected chi connectivity index (χ3v) is 3.58. The van der Waals surface area contributed by atoms with Crippen molar-refractivity contribution >= 4 is 11.7 Å². The van der Waals surface area contributed by atoms with Crippen LogP contribution in [-0.2, 0) is 11.2 Å². The molecule has 2 aromatic carbocycles. The lowest BCUT2D eigenvalue weighted by atomic mass is 10.0. The molecule has 0 saturated carbocycles. The molecule has 0 amide bonds. The number of carboxylic acids is 1. The minimum Gasteiger partial charge on any atom is -0.493 e. The Morgan fingerprint density at radius 1 is 1.04 bits per heavy atom. The van der Waals surface area contributed by atoms with Crippen LogP contribution in [0.5, 0.6) is 17.2 Å². The molecule has 0 saturated heterocycles. The molecule has 0 aliphatic rings. The first-order chi connectivity index (χ1) is 12.1. The van der Waals surface area contributed by atoms with E-state index in [4.69, 9.17) is 14.2 Å². The van der Waals surface area contributed by atoms with Crippen LogP contribution in [0.3, 0.4) is 0 Å². The standard InChI is InChI=1S/C19H21NO5/c1-23-16-10-13(11-17(24-2)18(16)25-3)9-14(19(21)22)12-20-15-7-5-4-6-8-15/h4-8,10-12,20H,9H2,1-3H3,(H,21,22)/b14-12-. The topological polar surface area (TPSA) is 77.0 Å². The fourth-order valence-corrected chi connectivity index (χ4v) is 2.35. The largest absolute Gasteiger partial charge is 0.493 e. The van der Waals surface area contributed by atoms with Crippen LogP contribution in [0.15, 0.2) is 54.2 Å². The van der Waals surface area contributed by atoms with E-state index in [1.807, 2.05) is 30.3 Å². The van der Waals surface area contributed by atoms with Gasteiger partial charge in [-0.1, -0.05) is 18.2 Å². The normalized spacial score (nSPS) is 10.9. The van der Waals surface area contributed by atoms with Crippen molar-refractivity contribution in [3.05, 3.63) is 59.8 Å². The molecule has 132 valence electrons. The van der Waals surface area contributed by atoms with Gasteiger partial charge in [0.15, 0.2) is 11.5 Å². The van der Waals surface area contributed by atoms with Crippen LogP contribution in [0, 0.1) is 0 Å². The van der Waals surface area contributed by atoms with E-state index in [1.54, 1.807) is 12.1 Å². The average Bonchev–Trinajstić information content (AvgIpc) is 2.64. The smallest absolute Gasteiger partial charge is 0.333 e. The zero-order valence-electron chi connectivity index (χ0n) is 14.4. The first-order valence-electron chi connectivity index (χ1n) is 7.61. The molecular formula is C19H21NO5. The number of benzene rings is 2. The van der Waals surface area contributed by atoms with E-state index in [0.29, 0.717) is 17.2 Å². The Kier molecular flexibility index (Phi) is 6.28. The van der Waals surface area contributed by atoms with Gasteiger partial charge in [-0.3, -0.25) is 0 Å². The first kappa shape index (κ1) is 18.2. The molecule has 0 unspecified atom stereocenters. The Labute approximate surface area is 146 Å². The van der Waals surface area contributed by atoms with E-state index in [2.05, 4.69) is 5.32 Å². The molecule has 6 heteroatoms. The van der Waals surface area contributed by atoms with E-state index in [9.17, 15) is 9.90 Å². The summed E-state index contributed by atoms with van der Waals surface area (Å²) in [5.41, 5.74) is 1.75. The maximum atomic E-state index is 11.6. The van der Waals surface area contributed by atoms with Gasteiger partial charge in [-0.05, 0) is 29.8 Å². The monoisotopic (exact) mass is 343 g/mol. The van der Waals surface area contributed by atoms with Crippen molar-refractivity contribution in [2.75, 3.05) is 26.6 Å². The van der Waals surface area contributed by atoms with Crippen molar-refractivity contribution in [3.8, 4) is 17.2 Å². The summed E-state index contributed by atoms with van der Waals surface area (Å²) in [5.74, 6) is 0.435. The van der Waals surface area contributed by atoms with Gasteiger partial charge in [0.05, 0.1) is 26.9 Å². The van der Waals surface area contributed by atoms with Gasteiger partial charge in [0.1, 0.15) is 0 Å². The lowest BCUT2D eigenvalue weighted by Crippen LogP contribution is -2.07. The lowest BCUT2D eigenvalue weighted by molar-refractivity contribution is -0.132. The molecule has 25 heavy (non-hydrogen) atoms. The number of hydrogen-bond donors (Lipinski definition) is 2. The molecule has 0 spiro atoms. The van der Waals surface area contributed by atoms with Crippen LogP contribution < -0.4 is 19.5 Å². The van der Waals surface area contributed by atoms with Gasteiger partial charge in [0.2, 0.25) is 5.75 Å². The predicted molar refractivity (Wildman–Crippen MR) is 95.6 cm³/mol. The van der Waals surface area contributed by atoms with Crippen molar-refractivity contribution in [1.29, 1.82) is 0 Å². The van der Waals surface area contributed by atoms with Crippen molar-refractivity contribution in [3.63, 3.8) is 0 Å². The van der Waals surface area contributed by atoms with Gasteiger partial charge in [-0.15, -0.1) is 0 Å². The third-order valence-electron chi connectivity index (χ3n) is 3.58. The summed E-state index contributed by atoms with van der Waals surface area (Å²) in [6.07, 6.45) is 1.69. The molecule has 0 aliphatic carbocycles. The van der Waals surface area contributed by atoms with E-state index >= 15 is 0 Å². The molecule has 0 atom stereocenters. The highest BCUT2D eigenvalue weighted by Gasteiger charge is 2.16. The van der Waals surface area contributed by atoms with Gasteiger partial charge < -0.3 is 24.6 Å². The van der Waals surface area contributed by atoms with E-state index in [1.165, 1.54) is 27.5 Å². The summed E-state index contributed by atoms with van der Waals surface area (Å²) in [5, 5.41) is 12.5. The third kappa shape index (κ3) is 4.67. The number of nitrogens with one attached hydrogen (secondary N) is 1. The van der Waals surface area contributed by atoms with Crippen LogP contribution in [0.1, 0.15) is 5.56 Å². The summed E-state index contributed by atoms with van der Waals surface area (Å²) in [6, 6.07) is 12.8. The second kappa shape index (κ2) is 8.63. The van der Waals surface area contributed by atoms with Gasteiger partial charge in [-0.2, -0.15) is 0 Å². The molecule has 2 N–H and O–H groups in total. The van der Waals surface area contributed by atoms with Gasteiger partial charge in [0.25, 0.3) is 0 Å². The molecule has 0 aliphatic heterocycles. The number of rotatable bonds is 8. The van der Waals surface area contributed by atoms with Crippen LogP contribution in [-0.4, -0.2) is 32.4 Å². The highest BCUT2D eigenvalue weighted by Crippen LogP contribution is 2.38. The number of hydrogen-bond acceptors (Lipinski definition) is 5. The molecule has 0 bridgehead atoms. The van der Waals surface area contributed by atoms with Crippen LogP contribution >= 0.6 is 0 Å². The maximum absolute atomic E-state index is 11.6. The Morgan fingerprint density at radius 2 is 1.64 bits per heavy atom. The summed E-state index contributed by atoms with van der Waals surface area (Å²) in [4.78, 5) is 11.6. The number of anilines is 1. The Bertz CT molecular complexity index is 731. The summed E-state index contributed by atoms with van der Waals surface area (Å²) in [6.45, 7) is 0. The number of para-hydroxylation sites is 1. The number of carbonyl (C=O) groups is 1. The van der Waals surface area contributed by atoms with Crippen LogP contribution in [0.25, 0.3) is 0 Å². The number of carboxylic acid groups (broad SMARTS) is 1. The fraction of sp³-hybridized carbons (Fsp3) is 0.211.